The summed E-state index contributed by atoms with van der Waals surface area (Å²) in [5, 5.41) is 0. The van der Waals surface area contributed by atoms with Crippen LogP contribution in [-0.4, -0.2) is 65.7 Å². The first kappa shape index (κ1) is 21.9. The fourth-order valence-corrected chi connectivity index (χ4v) is 3.46. The van der Waals surface area contributed by atoms with Gasteiger partial charge in [0, 0.05) is 51.7 Å². The van der Waals surface area contributed by atoms with Gasteiger partial charge >= 0.3 is 0 Å². The third-order valence-electron chi connectivity index (χ3n) is 5.53. The molecule has 0 spiro atoms. The van der Waals surface area contributed by atoms with Crippen LogP contribution in [-0.2, 0) is 23.1 Å². The Balaban J connectivity index is 1.42. The van der Waals surface area contributed by atoms with Crippen LogP contribution in [0.3, 0.4) is 0 Å². The minimum Gasteiger partial charge on any atom is -0.351 e. The van der Waals surface area contributed by atoms with Gasteiger partial charge < -0.3 is 14.4 Å². The number of ketones is 2. The minimum absolute atomic E-state index is 0.111. The number of aryl methyl sites for hydroxylation is 1. The quantitative estimate of drug-likeness (QED) is 0.475. The van der Waals surface area contributed by atoms with E-state index < -0.39 is 0 Å². The number of benzene rings is 1. The summed E-state index contributed by atoms with van der Waals surface area (Å²) in [5.41, 5.74) is 3.20. The molecule has 0 aliphatic carbocycles. The Labute approximate surface area is 179 Å². The molecule has 1 aliphatic heterocycles. The molecular formula is C25H31N3O2. The van der Waals surface area contributed by atoms with Crippen LogP contribution in [0.25, 0.3) is 12.2 Å². The Bertz CT molecular complexity index is 901. The summed E-state index contributed by atoms with van der Waals surface area (Å²) in [6.45, 7) is 5.64. The standard InChI is InChI=1S/C25H31N3O2/c1-26-16-18-28(19-17-26)15-13-22-7-5-21(6-8-22)9-11-24(29)20-25(30)12-10-23-4-3-14-27(23)2/h3-12,14H,13,15-20H2,1-2H3. The van der Waals surface area contributed by atoms with Crippen LogP contribution in [0.15, 0.2) is 54.7 Å². The molecule has 158 valence electrons. The highest BCUT2D eigenvalue weighted by Gasteiger charge is 2.13. The van der Waals surface area contributed by atoms with Crippen molar-refractivity contribution < 1.29 is 9.59 Å². The molecule has 0 radical (unpaired) electrons. The Morgan fingerprint density at radius 1 is 0.900 bits per heavy atom. The van der Waals surface area contributed by atoms with Crippen molar-refractivity contribution in [1.82, 2.24) is 14.4 Å². The second kappa shape index (κ2) is 10.9. The van der Waals surface area contributed by atoms with Crippen LogP contribution >= 0.6 is 0 Å². The SMILES string of the molecule is CN1CCN(CCc2ccc(C=CC(=O)CC(=O)C=Cc3cccn3C)cc2)CC1. The van der Waals surface area contributed by atoms with E-state index in [2.05, 4.69) is 29.0 Å². The molecule has 0 saturated carbocycles. The van der Waals surface area contributed by atoms with E-state index in [-0.39, 0.29) is 18.0 Å². The fourth-order valence-electron chi connectivity index (χ4n) is 3.46. The molecule has 1 aliphatic rings. The van der Waals surface area contributed by atoms with Gasteiger partial charge in [-0.25, -0.2) is 0 Å². The lowest BCUT2D eigenvalue weighted by molar-refractivity contribution is -0.121. The van der Waals surface area contributed by atoms with E-state index in [1.807, 2.05) is 42.1 Å². The van der Waals surface area contributed by atoms with Crippen LogP contribution in [0, 0.1) is 0 Å². The maximum absolute atomic E-state index is 12.1. The van der Waals surface area contributed by atoms with Crippen molar-refractivity contribution in [3.63, 3.8) is 0 Å². The zero-order valence-electron chi connectivity index (χ0n) is 18.0. The second-order valence-electron chi connectivity index (χ2n) is 7.96. The number of aromatic nitrogens is 1. The summed E-state index contributed by atoms with van der Waals surface area (Å²) in [7, 11) is 4.08. The number of hydrogen-bond donors (Lipinski definition) is 0. The average Bonchev–Trinajstić information content (AvgIpc) is 3.16. The van der Waals surface area contributed by atoms with Crippen LogP contribution in [0.1, 0.15) is 23.2 Å². The Kier molecular flexibility index (Phi) is 7.94. The van der Waals surface area contributed by atoms with Gasteiger partial charge in [-0.2, -0.15) is 0 Å². The van der Waals surface area contributed by atoms with Gasteiger partial charge in [0.05, 0.1) is 6.42 Å². The van der Waals surface area contributed by atoms with E-state index in [1.165, 1.54) is 17.7 Å². The molecule has 30 heavy (non-hydrogen) atoms. The molecule has 3 rings (SSSR count). The molecule has 0 bridgehead atoms. The maximum Gasteiger partial charge on any atom is 0.163 e. The molecule has 1 fully saturated rings. The summed E-state index contributed by atoms with van der Waals surface area (Å²) < 4.78 is 1.92. The normalized spacial score (nSPS) is 15.9. The maximum atomic E-state index is 12.1. The van der Waals surface area contributed by atoms with Gasteiger partial charge in [0.15, 0.2) is 11.6 Å². The van der Waals surface area contributed by atoms with E-state index in [4.69, 9.17) is 0 Å². The summed E-state index contributed by atoms with van der Waals surface area (Å²) in [6, 6.07) is 12.1. The van der Waals surface area contributed by atoms with Gasteiger partial charge in [0.1, 0.15) is 0 Å². The van der Waals surface area contributed by atoms with Crippen molar-refractivity contribution >= 4 is 23.7 Å². The molecule has 0 N–H and O–H groups in total. The van der Waals surface area contributed by atoms with E-state index in [0.717, 1.165) is 50.4 Å². The van der Waals surface area contributed by atoms with Crippen LogP contribution in [0.5, 0.6) is 0 Å². The number of rotatable bonds is 9. The molecular weight excluding hydrogens is 374 g/mol. The van der Waals surface area contributed by atoms with E-state index >= 15 is 0 Å². The molecule has 1 aromatic carbocycles. The van der Waals surface area contributed by atoms with Gasteiger partial charge in [0.2, 0.25) is 0 Å². The van der Waals surface area contributed by atoms with E-state index in [0.29, 0.717) is 0 Å². The highest BCUT2D eigenvalue weighted by atomic mass is 16.1. The van der Waals surface area contributed by atoms with Crippen molar-refractivity contribution in [2.24, 2.45) is 7.05 Å². The predicted octanol–water partition coefficient (Wildman–Crippen LogP) is 3.07. The third-order valence-corrected chi connectivity index (χ3v) is 5.53. The number of likely N-dealkylation sites (N-methyl/N-ethyl adjacent to an activating group) is 1. The summed E-state index contributed by atoms with van der Waals surface area (Å²) in [4.78, 5) is 28.9. The molecule has 1 aromatic heterocycles. The summed E-state index contributed by atoms with van der Waals surface area (Å²) in [6.07, 6.45) is 9.32. The number of hydrogen-bond acceptors (Lipinski definition) is 4. The van der Waals surface area contributed by atoms with Crippen molar-refractivity contribution in [2.45, 2.75) is 12.8 Å². The molecule has 2 aromatic rings. The van der Waals surface area contributed by atoms with Gasteiger partial charge in [-0.15, -0.1) is 0 Å². The van der Waals surface area contributed by atoms with Gasteiger partial charge in [-0.3, -0.25) is 9.59 Å². The van der Waals surface area contributed by atoms with E-state index in [9.17, 15) is 9.59 Å². The predicted molar refractivity (Wildman–Crippen MR) is 122 cm³/mol. The smallest absolute Gasteiger partial charge is 0.163 e. The number of nitrogens with zero attached hydrogens (tertiary/aromatic N) is 3. The number of carbonyl (C=O) groups excluding carboxylic acids is 2. The lowest BCUT2D eigenvalue weighted by Gasteiger charge is -2.32. The van der Waals surface area contributed by atoms with Crippen LogP contribution in [0.4, 0.5) is 0 Å². The first-order valence-electron chi connectivity index (χ1n) is 10.5. The Morgan fingerprint density at radius 2 is 1.57 bits per heavy atom. The van der Waals surface area contributed by atoms with Crippen molar-refractivity contribution in [3.05, 3.63) is 71.6 Å². The molecule has 0 amide bonds. The largest absolute Gasteiger partial charge is 0.351 e. The van der Waals surface area contributed by atoms with Gasteiger partial charge in [0.25, 0.3) is 0 Å². The first-order chi connectivity index (χ1) is 14.5. The lowest BCUT2D eigenvalue weighted by atomic mass is 10.1. The second-order valence-corrected chi connectivity index (χ2v) is 7.96. The van der Waals surface area contributed by atoms with Gasteiger partial charge in [-0.05, 0) is 55.0 Å². The van der Waals surface area contributed by atoms with Crippen molar-refractivity contribution in [3.8, 4) is 0 Å². The fraction of sp³-hybridized carbons (Fsp3) is 0.360. The number of piperazine rings is 1. The molecule has 1 saturated heterocycles. The van der Waals surface area contributed by atoms with Gasteiger partial charge in [-0.1, -0.05) is 30.3 Å². The Hall–Kier alpha value is -2.76. The molecule has 0 atom stereocenters. The van der Waals surface area contributed by atoms with Crippen LogP contribution < -0.4 is 0 Å². The highest BCUT2D eigenvalue weighted by molar-refractivity contribution is 6.10. The lowest BCUT2D eigenvalue weighted by Crippen LogP contribution is -2.45. The Morgan fingerprint density at radius 3 is 2.20 bits per heavy atom. The average molecular weight is 406 g/mol. The molecule has 2 heterocycles. The topological polar surface area (TPSA) is 45.6 Å². The summed E-state index contributed by atoms with van der Waals surface area (Å²) >= 11 is 0. The highest BCUT2D eigenvalue weighted by Crippen LogP contribution is 2.09. The minimum atomic E-state index is -0.190. The number of carbonyl (C=O) groups is 2. The first-order valence-corrected chi connectivity index (χ1v) is 10.5. The monoisotopic (exact) mass is 405 g/mol. The zero-order valence-corrected chi connectivity index (χ0v) is 18.0. The molecule has 0 unspecified atom stereocenters. The molecule has 5 nitrogen and oxygen atoms in total. The van der Waals surface area contributed by atoms with Crippen molar-refractivity contribution in [2.75, 3.05) is 39.8 Å². The molecule has 5 heteroatoms. The third kappa shape index (κ3) is 6.94. The van der Waals surface area contributed by atoms with Crippen molar-refractivity contribution in [1.29, 1.82) is 0 Å². The van der Waals surface area contributed by atoms with Crippen LogP contribution in [0.2, 0.25) is 0 Å². The summed E-state index contributed by atoms with van der Waals surface area (Å²) in [5.74, 6) is -0.374. The number of allylic oxidation sites excluding steroid dienone is 2. The zero-order chi connectivity index (χ0) is 21.3. The van der Waals surface area contributed by atoms with E-state index in [1.54, 1.807) is 12.2 Å².